The molecule has 0 bridgehead atoms. The second-order valence-electron chi connectivity index (χ2n) is 5.30. The molecule has 0 aromatic carbocycles. The Morgan fingerprint density at radius 2 is 2.25 bits per heavy atom. The van der Waals surface area contributed by atoms with Crippen LogP contribution in [-0.2, 0) is 15.7 Å². The van der Waals surface area contributed by atoms with Crippen LogP contribution < -0.4 is 4.74 Å². The van der Waals surface area contributed by atoms with E-state index in [-0.39, 0.29) is 19.1 Å². The molecule has 0 unspecified atom stereocenters. The fourth-order valence-corrected chi connectivity index (χ4v) is 2.18. The third-order valence-electron chi connectivity index (χ3n) is 3.60. The highest BCUT2D eigenvalue weighted by Crippen LogP contribution is 2.35. The lowest BCUT2D eigenvalue weighted by atomic mass is 10.3. The van der Waals surface area contributed by atoms with Gasteiger partial charge in [-0.3, -0.25) is 4.79 Å². The minimum atomic E-state index is -4.57. The van der Waals surface area contributed by atoms with Gasteiger partial charge in [-0.15, -0.1) is 5.10 Å². The molecular weight excluding hydrogens is 327 g/mol. The van der Waals surface area contributed by atoms with Crippen LogP contribution in [0.5, 0.6) is 5.88 Å². The van der Waals surface area contributed by atoms with Crippen molar-refractivity contribution in [3.8, 4) is 5.88 Å². The van der Waals surface area contributed by atoms with Crippen molar-refractivity contribution in [2.45, 2.75) is 32.5 Å². The van der Waals surface area contributed by atoms with Crippen LogP contribution in [0.3, 0.4) is 0 Å². The van der Waals surface area contributed by atoms with Crippen molar-refractivity contribution in [3.05, 3.63) is 29.7 Å². The zero-order valence-corrected chi connectivity index (χ0v) is 13.3. The molecule has 0 N–H and O–H groups in total. The number of amides is 1. The second kappa shape index (κ2) is 7.50. The van der Waals surface area contributed by atoms with Crippen LogP contribution in [0.15, 0.2) is 24.1 Å². The van der Waals surface area contributed by atoms with Crippen molar-refractivity contribution in [2.24, 2.45) is 0 Å². The molecule has 0 aliphatic carbocycles. The van der Waals surface area contributed by atoms with Gasteiger partial charge >= 0.3 is 6.18 Å². The summed E-state index contributed by atoms with van der Waals surface area (Å²) in [5.41, 5.74) is -0.977. The van der Waals surface area contributed by atoms with Gasteiger partial charge in [0.2, 0.25) is 5.88 Å². The molecule has 1 aliphatic heterocycles. The topological polar surface area (TPSA) is 64.5 Å². The lowest BCUT2D eigenvalue weighted by Crippen LogP contribution is -2.33. The maximum Gasteiger partial charge on any atom is 0.421 e. The molecule has 0 radical (unpaired) electrons. The molecule has 1 aliphatic rings. The predicted octanol–water partition coefficient (Wildman–Crippen LogP) is 2.42. The first kappa shape index (κ1) is 18.0. The average molecular weight is 345 g/mol. The number of hydrogen-bond acceptors (Lipinski definition) is 5. The van der Waals surface area contributed by atoms with Gasteiger partial charge in [0, 0.05) is 13.0 Å². The predicted molar refractivity (Wildman–Crippen MR) is 78.0 cm³/mol. The van der Waals surface area contributed by atoms with Crippen molar-refractivity contribution >= 4 is 5.91 Å². The van der Waals surface area contributed by atoms with Gasteiger partial charge < -0.3 is 14.4 Å². The van der Waals surface area contributed by atoms with E-state index in [1.807, 2.05) is 0 Å². The smallest absolute Gasteiger partial charge is 0.421 e. The number of rotatable bonds is 5. The van der Waals surface area contributed by atoms with Crippen molar-refractivity contribution in [2.75, 3.05) is 19.7 Å². The van der Waals surface area contributed by atoms with Crippen LogP contribution in [0.2, 0.25) is 0 Å². The normalized spacial score (nSPS) is 18.6. The minimum Gasteiger partial charge on any atom is -0.489 e. The first-order valence-corrected chi connectivity index (χ1v) is 7.40. The fraction of sp³-hybridized carbons (Fsp3) is 0.533. The number of nitrogens with zero attached hydrogens (tertiary/aromatic N) is 3. The van der Waals surface area contributed by atoms with Crippen LogP contribution in [0, 0.1) is 0 Å². The van der Waals surface area contributed by atoms with E-state index in [0.29, 0.717) is 18.7 Å². The van der Waals surface area contributed by atoms with Crippen LogP contribution in [0.1, 0.15) is 25.8 Å². The summed E-state index contributed by atoms with van der Waals surface area (Å²) in [6, 6.07) is 0.813. The molecule has 24 heavy (non-hydrogen) atoms. The number of aromatic nitrogens is 2. The number of carbonyl (C=O) groups is 1. The zero-order chi connectivity index (χ0) is 17.7. The summed E-state index contributed by atoms with van der Waals surface area (Å²) in [6.07, 6.45) is -2.02. The van der Waals surface area contributed by atoms with Crippen LogP contribution in [-0.4, -0.2) is 46.8 Å². The summed E-state index contributed by atoms with van der Waals surface area (Å²) >= 11 is 0. The summed E-state index contributed by atoms with van der Waals surface area (Å²) in [6.45, 7) is 3.99. The molecule has 9 heteroatoms. The van der Waals surface area contributed by atoms with Gasteiger partial charge in [0.25, 0.3) is 5.91 Å². The Bertz CT molecular complexity index is 619. The highest BCUT2D eigenvalue weighted by molar-refractivity contribution is 5.77. The number of hydrogen-bond donors (Lipinski definition) is 0. The van der Waals surface area contributed by atoms with E-state index >= 15 is 0 Å². The van der Waals surface area contributed by atoms with Gasteiger partial charge in [0.1, 0.15) is 11.7 Å². The monoisotopic (exact) mass is 345 g/mol. The maximum absolute atomic E-state index is 12.9. The highest BCUT2D eigenvalue weighted by atomic mass is 19.4. The number of halogens is 3. The lowest BCUT2D eigenvalue weighted by molar-refractivity contribution is -0.140. The summed E-state index contributed by atoms with van der Waals surface area (Å²) in [7, 11) is 0. The summed E-state index contributed by atoms with van der Waals surface area (Å²) in [5.74, 6) is -0.174. The number of likely N-dealkylation sites (tertiary alicyclic amines) is 1. The van der Waals surface area contributed by atoms with Crippen molar-refractivity contribution in [1.82, 2.24) is 15.1 Å². The number of alkyl halides is 3. The Hall–Kier alpha value is -2.32. The minimum absolute atomic E-state index is 0.109. The number of ether oxygens (including phenoxy) is 2. The highest BCUT2D eigenvalue weighted by Gasteiger charge is 2.37. The van der Waals surface area contributed by atoms with Crippen LogP contribution >= 0.6 is 0 Å². The molecule has 1 aromatic heterocycles. The Morgan fingerprint density at radius 1 is 1.50 bits per heavy atom. The van der Waals surface area contributed by atoms with Gasteiger partial charge in [0.05, 0.1) is 18.5 Å². The zero-order valence-electron chi connectivity index (χ0n) is 13.3. The van der Waals surface area contributed by atoms with Crippen molar-refractivity contribution in [3.63, 3.8) is 0 Å². The molecule has 2 heterocycles. The Balaban J connectivity index is 1.94. The third-order valence-corrected chi connectivity index (χ3v) is 3.60. The van der Waals surface area contributed by atoms with Gasteiger partial charge in [-0.2, -0.15) is 18.3 Å². The summed E-state index contributed by atoms with van der Waals surface area (Å²) in [5, 5.41) is 6.85. The molecule has 1 atom stereocenters. The van der Waals surface area contributed by atoms with Crippen LogP contribution in [0.4, 0.5) is 13.2 Å². The van der Waals surface area contributed by atoms with Gasteiger partial charge in [-0.25, -0.2) is 0 Å². The van der Waals surface area contributed by atoms with Crippen molar-refractivity contribution in [1.29, 1.82) is 0 Å². The molecule has 2 rings (SSSR count). The molecule has 1 saturated heterocycles. The van der Waals surface area contributed by atoms with E-state index in [1.54, 1.807) is 19.9 Å². The standard InChI is InChI=1S/C15H18F3N3O3/c1-3-10(2)23-9-13(22)21-7-5-11(8-21)24-14-12(15(16,17)18)4-6-19-20-14/h3-4,6,11H,5,7-9H2,1-2H3/b10-3+/t11-/m0/s1. The number of allylic oxidation sites excluding steroid dienone is 2. The summed E-state index contributed by atoms with van der Waals surface area (Å²) < 4.78 is 49.3. The van der Waals surface area contributed by atoms with E-state index in [2.05, 4.69) is 10.2 Å². The van der Waals surface area contributed by atoms with Gasteiger partial charge in [-0.1, -0.05) is 0 Å². The first-order chi connectivity index (χ1) is 11.3. The maximum atomic E-state index is 12.9. The van der Waals surface area contributed by atoms with E-state index in [0.717, 1.165) is 12.3 Å². The fourth-order valence-electron chi connectivity index (χ4n) is 2.18. The molecule has 0 saturated carbocycles. The Labute approximate surface area is 137 Å². The SMILES string of the molecule is C/C=C(\C)OCC(=O)N1CC[C@H](Oc2nnccc2C(F)(F)F)C1. The van der Waals surface area contributed by atoms with E-state index in [1.165, 1.54) is 4.90 Å². The molecule has 0 spiro atoms. The molecule has 132 valence electrons. The quantitative estimate of drug-likeness (QED) is 0.767. The summed E-state index contributed by atoms with van der Waals surface area (Å²) in [4.78, 5) is 13.5. The Kier molecular flexibility index (Phi) is 5.63. The second-order valence-corrected chi connectivity index (χ2v) is 5.30. The van der Waals surface area contributed by atoms with Gasteiger partial charge in [-0.05, 0) is 26.0 Å². The van der Waals surface area contributed by atoms with E-state index in [9.17, 15) is 18.0 Å². The van der Waals surface area contributed by atoms with Crippen molar-refractivity contribution < 1.29 is 27.4 Å². The van der Waals surface area contributed by atoms with E-state index in [4.69, 9.17) is 9.47 Å². The largest absolute Gasteiger partial charge is 0.489 e. The lowest BCUT2D eigenvalue weighted by Gasteiger charge is -2.18. The van der Waals surface area contributed by atoms with Crippen LogP contribution in [0.25, 0.3) is 0 Å². The molecular formula is C15H18F3N3O3. The third kappa shape index (κ3) is 4.59. The molecule has 1 amide bonds. The average Bonchev–Trinajstić information content (AvgIpc) is 3.00. The number of carbonyl (C=O) groups excluding carboxylic acids is 1. The molecule has 1 fully saturated rings. The molecule has 6 nitrogen and oxygen atoms in total. The first-order valence-electron chi connectivity index (χ1n) is 7.40. The van der Waals surface area contributed by atoms with E-state index < -0.39 is 23.7 Å². The van der Waals surface area contributed by atoms with Gasteiger partial charge in [0.15, 0.2) is 6.61 Å². The molecule has 1 aromatic rings. The Morgan fingerprint density at radius 3 is 2.92 bits per heavy atom.